The largest absolute Gasteiger partial charge is 0.456 e. The number of hydrogen-bond acceptors (Lipinski definition) is 2. The van der Waals surface area contributed by atoms with E-state index in [1.807, 2.05) is 6.07 Å². The number of furan rings is 1. The molecule has 0 radical (unpaired) electrons. The molecular formula is C51H41NO. The molecule has 7 aromatic carbocycles. The lowest BCUT2D eigenvalue weighted by molar-refractivity contribution is -0.0399. The molecule has 5 aliphatic rings. The quantitative estimate of drug-likeness (QED) is 0.184. The predicted octanol–water partition coefficient (Wildman–Crippen LogP) is 13.9. The van der Waals surface area contributed by atoms with Gasteiger partial charge in [0.15, 0.2) is 0 Å². The van der Waals surface area contributed by atoms with Gasteiger partial charge in [0.1, 0.15) is 11.2 Å². The maximum atomic E-state index is 6.39. The minimum absolute atomic E-state index is 0.204. The van der Waals surface area contributed by atoms with E-state index in [9.17, 15) is 0 Å². The fourth-order valence-corrected chi connectivity index (χ4v) is 12.1. The summed E-state index contributed by atoms with van der Waals surface area (Å²) in [6, 6.07) is 54.3. The second-order valence-corrected chi connectivity index (χ2v) is 16.6. The molecule has 4 fully saturated rings. The molecule has 1 spiro atoms. The van der Waals surface area contributed by atoms with E-state index in [2.05, 4.69) is 151 Å². The van der Waals surface area contributed by atoms with Gasteiger partial charge in [0, 0.05) is 22.2 Å². The van der Waals surface area contributed by atoms with E-state index in [4.69, 9.17) is 4.42 Å². The molecule has 0 saturated heterocycles. The average Bonchev–Trinajstić information content (AvgIpc) is 3.71. The predicted molar refractivity (Wildman–Crippen MR) is 219 cm³/mol. The fraction of sp³-hybridized carbons (Fsp3) is 0.216. The number of benzene rings is 7. The Morgan fingerprint density at radius 3 is 2.08 bits per heavy atom. The minimum Gasteiger partial charge on any atom is -0.456 e. The Hall–Kier alpha value is -5.60. The lowest BCUT2D eigenvalue weighted by atomic mass is 9.43. The molecule has 4 saturated carbocycles. The van der Waals surface area contributed by atoms with Crippen molar-refractivity contribution >= 4 is 49.8 Å². The summed E-state index contributed by atoms with van der Waals surface area (Å²) in [6.07, 6.45) is 7.15. The maximum Gasteiger partial charge on any atom is 0.137 e. The third kappa shape index (κ3) is 4.15. The topological polar surface area (TPSA) is 16.4 Å². The summed E-state index contributed by atoms with van der Waals surface area (Å²) in [4.78, 5) is 2.42. The van der Waals surface area contributed by atoms with E-state index in [1.165, 1.54) is 70.7 Å². The van der Waals surface area contributed by atoms with E-state index in [-0.39, 0.29) is 5.41 Å². The molecule has 256 valence electrons. The van der Waals surface area contributed by atoms with Gasteiger partial charge in [-0.1, -0.05) is 97.1 Å². The first-order valence-electron chi connectivity index (χ1n) is 19.7. The molecule has 1 heterocycles. The molecule has 0 amide bonds. The van der Waals surface area contributed by atoms with E-state index in [0.717, 1.165) is 62.7 Å². The van der Waals surface area contributed by atoms with Crippen molar-refractivity contribution in [3.05, 3.63) is 162 Å². The van der Waals surface area contributed by atoms with Crippen molar-refractivity contribution in [1.29, 1.82) is 0 Å². The SMILES string of the molecule is Cc1cc(N(c2ccc3ccccc3c2)c2cccc3oc4ccccc4c23)ccc1-c1ccc2c(c1)-c1ccccc1C21C2CC3CC(C2)CC1C3. The second-order valence-electron chi connectivity index (χ2n) is 16.6. The van der Waals surface area contributed by atoms with E-state index in [1.54, 1.807) is 11.1 Å². The van der Waals surface area contributed by atoms with Crippen molar-refractivity contribution in [3.63, 3.8) is 0 Å². The molecule has 53 heavy (non-hydrogen) atoms. The molecule has 13 rings (SSSR count). The number of para-hydroxylation sites is 1. The van der Waals surface area contributed by atoms with Crippen molar-refractivity contribution in [2.24, 2.45) is 23.7 Å². The van der Waals surface area contributed by atoms with Gasteiger partial charge in [-0.2, -0.15) is 0 Å². The van der Waals surface area contributed by atoms with Crippen LogP contribution in [0.5, 0.6) is 0 Å². The van der Waals surface area contributed by atoms with Crippen LogP contribution in [0.15, 0.2) is 150 Å². The molecule has 1 aromatic heterocycles. The number of fused-ring (bicyclic) bond motifs is 7. The van der Waals surface area contributed by atoms with Crippen LogP contribution in [-0.2, 0) is 5.41 Å². The van der Waals surface area contributed by atoms with Crippen LogP contribution < -0.4 is 4.90 Å². The Balaban J connectivity index is 1.01. The second kappa shape index (κ2) is 11.0. The smallest absolute Gasteiger partial charge is 0.137 e. The molecule has 4 bridgehead atoms. The summed E-state index contributed by atoms with van der Waals surface area (Å²) in [5.74, 6) is 3.47. The van der Waals surface area contributed by atoms with Gasteiger partial charge in [-0.3, -0.25) is 0 Å². The highest BCUT2D eigenvalue weighted by Gasteiger charge is 2.61. The van der Waals surface area contributed by atoms with Gasteiger partial charge in [0.05, 0.1) is 11.1 Å². The first-order valence-corrected chi connectivity index (χ1v) is 19.7. The fourth-order valence-electron chi connectivity index (χ4n) is 12.1. The van der Waals surface area contributed by atoms with Crippen molar-refractivity contribution in [2.75, 3.05) is 4.90 Å². The van der Waals surface area contributed by atoms with Crippen LogP contribution >= 0.6 is 0 Å². The van der Waals surface area contributed by atoms with Gasteiger partial charge in [-0.15, -0.1) is 0 Å². The third-order valence-electron chi connectivity index (χ3n) is 13.9. The molecule has 5 aliphatic carbocycles. The van der Waals surface area contributed by atoms with Gasteiger partial charge in [-0.25, -0.2) is 0 Å². The summed E-state index contributed by atoms with van der Waals surface area (Å²) in [6.45, 7) is 2.28. The highest BCUT2D eigenvalue weighted by molar-refractivity contribution is 6.13. The highest BCUT2D eigenvalue weighted by Crippen LogP contribution is 2.69. The standard InChI is InChI=1S/C51H41NO/c1-31-23-39(52(40-19-17-34-9-2-3-10-35(34)29-40)47-14-8-16-49-50(47)43-12-5-7-15-48(43)53-49)20-21-41(31)36-18-22-46-44(30-36)42-11-4-6-13-45(42)51(46)37-25-32-24-33(27-37)28-38(51)26-32/h2-23,29-30,32-33,37-38H,24-28H2,1H3. The van der Waals surface area contributed by atoms with Crippen molar-refractivity contribution in [3.8, 4) is 22.3 Å². The zero-order valence-electron chi connectivity index (χ0n) is 30.1. The minimum atomic E-state index is 0.204. The van der Waals surface area contributed by atoms with Crippen LogP contribution in [0.3, 0.4) is 0 Å². The number of aryl methyl sites for hydroxylation is 1. The van der Waals surface area contributed by atoms with Gasteiger partial charge in [0.2, 0.25) is 0 Å². The van der Waals surface area contributed by atoms with E-state index in [0.29, 0.717) is 0 Å². The molecule has 0 atom stereocenters. The number of anilines is 3. The van der Waals surface area contributed by atoms with Gasteiger partial charge < -0.3 is 9.32 Å². The summed E-state index contributed by atoms with van der Waals surface area (Å²) >= 11 is 0. The van der Waals surface area contributed by atoms with Gasteiger partial charge in [-0.05, 0) is 161 Å². The van der Waals surface area contributed by atoms with Crippen LogP contribution in [0, 0.1) is 30.6 Å². The monoisotopic (exact) mass is 683 g/mol. The Labute approximate surface area is 310 Å². The molecular weight excluding hydrogens is 643 g/mol. The van der Waals surface area contributed by atoms with Crippen LogP contribution in [0.1, 0.15) is 48.8 Å². The summed E-state index contributed by atoms with van der Waals surface area (Å²) in [5.41, 5.74) is 15.5. The molecule has 8 aromatic rings. The zero-order chi connectivity index (χ0) is 34.8. The first-order chi connectivity index (χ1) is 26.1. The maximum absolute atomic E-state index is 6.39. The van der Waals surface area contributed by atoms with E-state index < -0.39 is 0 Å². The normalized spacial score (nSPS) is 23.6. The Morgan fingerprint density at radius 1 is 0.528 bits per heavy atom. The molecule has 0 unspecified atom stereocenters. The Morgan fingerprint density at radius 2 is 1.23 bits per heavy atom. The van der Waals surface area contributed by atoms with Crippen molar-refractivity contribution in [1.82, 2.24) is 0 Å². The summed E-state index contributed by atoms with van der Waals surface area (Å²) in [5, 5.41) is 4.73. The van der Waals surface area contributed by atoms with Crippen LogP contribution in [0.4, 0.5) is 17.1 Å². The lowest BCUT2D eigenvalue weighted by Gasteiger charge is -2.61. The number of nitrogens with zero attached hydrogens (tertiary/aromatic N) is 1. The van der Waals surface area contributed by atoms with Crippen molar-refractivity contribution < 1.29 is 4.42 Å². The molecule has 0 aliphatic heterocycles. The highest BCUT2D eigenvalue weighted by atomic mass is 16.3. The van der Waals surface area contributed by atoms with Crippen molar-refractivity contribution in [2.45, 2.75) is 44.4 Å². The van der Waals surface area contributed by atoms with Gasteiger partial charge in [0.25, 0.3) is 0 Å². The summed E-state index contributed by atoms with van der Waals surface area (Å²) < 4.78 is 6.39. The lowest BCUT2D eigenvalue weighted by Crippen LogP contribution is -2.55. The first kappa shape index (κ1) is 29.9. The Bertz CT molecular complexity index is 2760. The average molecular weight is 684 g/mol. The third-order valence-corrected chi connectivity index (χ3v) is 13.9. The molecule has 0 N–H and O–H groups in total. The van der Waals surface area contributed by atoms with E-state index >= 15 is 0 Å². The van der Waals surface area contributed by atoms with Crippen LogP contribution in [-0.4, -0.2) is 0 Å². The van der Waals surface area contributed by atoms with Crippen LogP contribution in [0.2, 0.25) is 0 Å². The number of rotatable bonds is 4. The Kier molecular flexibility index (Phi) is 6.19. The molecule has 2 nitrogen and oxygen atoms in total. The number of hydrogen-bond donors (Lipinski definition) is 0. The van der Waals surface area contributed by atoms with Crippen LogP contribution in [0.25, 0.3) is 55.0 Å². The van der Waals surface area contributed by atoms with Gasteiger partial charge >= 0.3 is 0 Å². The molecule has 2 heteroatoms. The zero-order valence-corrected chi connectivity index (χ0v) is 30.1. The summed E-state index contributed by atoms with van der Waals surface area (Å²) in [7, 11) is 0.